The molecule has 0 unspecified atom stereocenters. The molecule has 0 aliphatic carbocycles. The zero-order chi connectivity index (χ0) is 19.8. The zero-order valence-corrected chi connectivity index (χ0v) is 17.0. The van der Waals surface area contributed by atoms with E-state index in [-0.39, 0.29) is 5.41 Å². The first-order chi connectivity index (χ1) is 12.0. The van der Waals surface area contributed by atoms with Crippen LogP contribution >= 0.6 is 0 Å². The number of ether oxygens (including phenoxy) is 1. The van der Waals surface area contributed by atoms with E-state index in [0.29, 0.717) is 31.5 Å². The van der Waals surface area contributed by atoms with E-state index in [2.05, 4.69) is 46.7 Å². The molecule has 0 radical (unpaired) electrons. The number of carbonyl (C=O) groups is 1. The van der Waals surface area contributed by atoms with Crippen LogP contribution in [0.25, 0.3) is 0 Å². The fourth-order valence-electron chi connectivity index (χ4n) is 1.92. The summed E-state index contributed by atoms with van der Waals surface area (Å²) < 4.78 is 10.9. The minimum Gasteiger partial charge on any atom is -0.444 e. The number of alkyl carbamates (subject to hydrolysis) is 1. The first-order valence-corrected chi connectivity index (χ1v) is 8.88. The van der Waals surface area contributed by atoms with Crippen molar-refractivity contribution in [1.82, 2.24) is 20.9 Å². The van der Waals surface area contributed by atoms with Gasteiger partial charge in [-0.1, -0.05) is 20.8 Å². The lowest BCUT2D eigenvalue weighted by molar-refractivity contribution is 0.0527. The molecular weight excluding hydrogens is 334 g/mol. The molecule has 26 heavy (non-hydrogen) atoms. The number of aromatic nitrogens is 1. The number of nitrogens with one attached hydrogen (secondary N) is 3. The lowest BCUT2D eigenvalue weighted by Crippen LogP contribution is -2.39. The predicted molar refractivity (Wildman–Crippen MR) is 102 cm³/mol. The quantitative estimate of drug-likeness (QED) is 0.406. The van der Waals surface area contributed by atoms with Crippen LogP contribution < -0.4 is 16.0 Å². The maximum absolute atomic E-state index is 11.5. The molecule has 0 aliphatic rings. The van der Waals surface area contributed by atoms with Gasteiger partial charge in [0, 0.05) is 25.6 Å². The third-order valence-electron chi connectivity index (χ3n) is 3.24. The van der Waals surface area contributed by atoms with Crippen molar-refractivity contribution in [3.05, 3.63) is 17.8 Å². The van der Waals surface area contributed by atoms with Crippen LogP contribution in [0.15, 0.2) is 15.6 Å². The van der Waals surface area contributed by atoms with Crippen molar-refractivity contribution in [2.45, 2.75) is 65.5 Å². The van der Waals surface area contributed by atoms with Crippen molar-refractivity contribution in [2.24, 2.45) is 4.99 Å². The molecule has 0 saturated carbocycles. The van der Waals surface area contributed by atoms with Crippen LogP contribution in [-0.2, 0) is 16.7 Å². The van der Waals surface area contributed by atoms with Gasteiger partial charge in [0.05, 0.1) is 12.7 Å². The Kier molecular flexibility index (Phi) is 7.92. The number of guanidine groups is 1. The number of amides is 1. The summed E-state index contributed by atoms with van der Waals surface area (Å²) in [6.07, 6.45) is 2.10. The third kappa shape index (κ3) is 8.73. The maximum atomic E-state index is 11.5. The van der Waals surface area contributed by atoms with E-state index in [0.717, 1.165) is 12.2 Å². The molecule has 0 fully saturated rings. The second kappa shape index (κ2) is 9.45. The molecule has 0 bridgehead atoms. The molecule has 0 saturated heterocycles. The molecule has 0 atom stereocenters. The Hall–Kier alpha value is -2.25. The molecule has 148 valence electrons. The molecule has 3 N–H and O–H groups in total. The molecule has 1 aromatic rings. The summed E-state index contributed by atoms with van der Waals surface area (Å²) in [5, 5.41) is 9.05. The molecule has 1 rings (SSSR count). The summed E-state index contributed by atoms with van der Waals surface area (Å²) in [7, 11) is 1.70. The Morgan fingerprint density at radius 3 is 2.35 bits per heavy atom. The second-order valence-electron chi connectivity index (χ2n) is 8.00. The Labute approximate surface area is 156 Å². The van der Waals surface area contributed by atoms with Crippen molar-refractivity contribution < 1.29 is 13.9 Å². The Morgan fingerprint density at radius 2 is 1.81 bits per heavy atom. The number of hydrogen-bond donors (Lipinski definition) is 3. The van der Waals surface area contributed by atoms with Gasteiger partial charge in [-0.3, -0.25) is 4.99 Å². The summed E-state index contributed by atoms with van der Waals surface area (Å²) in [6.45, 7) is 13.4. The number of rotatable bonds is 6. The molecule has 8 nitrogen and oxygen atoms in total. The van der Waals surface area contributed by atoms with Crippen LogP contribution in [0.1, 0.15) is 59.6 Å². The van der Waals surface area contributed by atoms with Gasteiger partial charge in [-0.25, -0.2) is 9.78 Å². The molecule has 8 heteroatoms. The highest BCUT2D eigenvalue weighted by atomic mass is 16.6. The molecular formula is C18H33N5O3. The van der Waals surface area contributed by atoms with Crippen LogP contribution in [0.2, 0.25) is 0 Å². The summed E-state index contributed by atoms with van der Waals surface area (Å²) >= 11 is 0. The highest BCUT2D eigenvalue weighted by molar-refractivity contribution is 5.79. The third-order valence-corrected chi connectivity index (χ3v) is 3.24. The van der Waals surface area contributed by atoms with E-state index in [1.165, 1.54) is 0 Å². The lowest BCUT2D eigenvalue weighted by atomic mass is 9.94. The highest BCUT2D eigenvalue weighted by Gasteiger charge is 2.19. The summed E-state index contributed by atoms with van der Waals surface area (Å²) in [6, 6.07) is 0. The van der Waals surface area contributed by atoms with Gasteiger partial charge < -0.3 is 25.1 Å². The average molecular weight is 367 g/mol. The highest BCUT2D eigenvalue weighted by Crippen LogP contribution is 2.22. The van der Waals surface area contributed by atoms with E-state index >= 15 is 0 Å². The number of aliphatic imine (C=N–C) groups is 1. The monoisotopic (exact) mass is 367 g/mol. The van der Waals surface area contributed by atoms with Gasteiger partial charge in [-0.2, -0.15) is 0 Å². The first kappa shape index (κ1) is 21.8. The topological polar surface area (TPSA) is 101 Å². The Bertz CT molecular complexity index is 597. The minimum absolute atomic E-state index is 0.0632. The summed E-state index contributed by atoms with van der Waals surface area (Å²) in [5.41, 5.74) is -0.548. The van der Waals surface area contributed by atoms with Crippen molar-refractivity contribution in [2.75, 3.05) is 20.1 Å². The fraction of sp³-hybridized carbons (Fsp3) is 0.722. The number of carbonyl (C=O) groups excluding carboxylic acids is 1. The normalized spacial score (nSPS) is 12.7. The van der Waals surface area contributed by atoms with E-state index in [9.17, 15) is 4.79 Å². The van der Waals surface area contributed by atoms with Gasteiger partial charge >= 0.3 is 6.09 Å². The zero-order valence-electron chi connectivity index (χ0n) is 17.0. The predicted octanol–water partition coefficient (Wildman–Crippen LogP) is 2.55. The molecule has 1 heterocycles. The minimum atomic E-state index is -0.485. The van der Waals surface area contributed by atoms with Gasteiger partial charge in [-0.15, -0.1) is 0 Å². The van der Waals surface area contributed by atoms with Crippen molar-refractivity contribution >= 4 is 12.1 Å². The average Bonchev–Trinajstić information content (AvgIpc) is 2.97. The van der Waals surface area contributed by atoms with Crippen LogP contribution in [0.5, 0.6) is 0 Å². The van der Waals surface area contributed by atoms with Gasteiger partial charge in [0.15, 0.2) is 5.96 Å². The van der Waals surface area contributed by atoms with E-state index < -0.39 is 11.7 Å². The van der Waals surface area contributed by atoms with Gasteiger partial charge in [0.25, 0.3) is 0 Å². The van der Waals surface area contributed by atoms with Crippen molar-refractivity contribution in [3.63, 3.8) is 0 Å². The first-order valence-electron chi connectivity index (χ1n) is 8.88. The van der Waals surface area contributed by atoms with Crippen LogP contribution in [0.4, 0.5) is 4.79 Å². The Morgan fingerprint density at radius 1 is 1.15 bits per heavy atom. The van der Waals surface area contributed by atoms with Crippen LogP contribution in [0, 0.1) is 0 Å². The number of oxazole rings is 1. The standard InChI is InChI=1S/C18H33N5O3/c1-17(2,3)13-11-22-14(25-13)12-23-15(19-7)20-9-8-10-21-16(24)26-18(4,5)6/h11H,8-10,12H2,1-7H3,(H,21,24)(H2,19,20,23). The molecule has 0 aromatic carbocycles. The van der Waals surface area contributed by atoms with E-state index in [1.807, 2.05) is 20.8 Å². The smallest absolute Gasteiger partial charge is 0.407 e. The largest absolute Gasteiger partial charge is 0.444 e. The summed E-state index contributed by atoms with van der Waals surface area (Å²) in [5.74, 6) is 2.12. The van der Waals surface area contributed by atoms with Crippen LogP contribution in [-0.4, -0.2) is 42.8 Å². The van der Waals surface area contributed by atoms with Gasteiger partial charge in [-0.05, 0) is 27.2 Å². The van der Waals surface area contributed by atoms with Gasteiger partial charge in [0.1, 0.15) is 11.4 Å². The maximum Gasteiger partial charge on any atom is 0.407 e. The number of hydrogen-bond acceptors (Lipinski definition) is 5. The van der Waals surface area contributed by atoms with Crippen molar-refractivity contribution in [3.8, 4) is 0 Å². The lowest BCUT2D eigenvalue weighted by Gasteiger charge is -2.19. The van der Waals surface area contributed by atoms with E-state index in [4.69, 9.17) is 9.15 Å². The van der Waals surface area contributed by atoms with Crippen LogP contribution in [0.3, 0.4) is 0 Å². The number of nitrogens with zero attached hydrogens (tertiary/aromatic N) is 2. The molecule has 0 aliphatic heterocycles. The molecule has 1 amide bonds. The van der Waals surface area contributed by atoms with Gasteiger partial charge in [0.2, 0.25) is 5.89 Å². The summed E-state index contributed by atoms with van der Waals surface area (Å²) in [4.78, 5) is 20.0. The Balaban J connectivity index is 2.25. The fourth-order valence-corrected chi connectivity index (χ4v) is 1.92. The molecule has 0 spiro atoms. The van der Waals surface area contributed by atoms with E-state index in [1.54, 1.807) is 13.2 Å². The van der Waals surface area contributed by atoms with Crippen molar-refractivity contribution in [1.29, 1.82) is 0 Å². The molecule has 1 aromatic heterocycles. The SMILES string of the molecule is CN=C(NCCCNC(=O)OC(C)(C)C)NCc1ncc(C(C)(C)C)o1. The second-order valence-corrected chi connectivity index (χ2v) is 8.00.